The quantitative estimate of drug-likeness (QED) is 0.491. The van der Waals surface area contributed by atoms with E-state index in [-0.39, 0.29) is 22.2 Å². The van der Waals surface area contributed by atoms with Gasteiger partial charge < -0.3 is 0 Å². The molecule has 0 fully saturated rings. The Kier molecular flexibility index (Phi) is 5.24. The highest BCUT2D eigenvalue weighted by atomic mass is 35.5. The van der Waals surface area contributed by atoms with Crippen LogP contribution < -0.4 is 4.90 Å². The Labute approximate surface area is 154 Å². The number of rotatable bonds is 5. The molecule has 0 aliphatic heterocycles. The van der Waals surface area contributed by atoms with Crippen molar-refractivity contribution in [2.24, 2.45) is 0 Å². The second-order valence-corrected chi connectivity index (χ2v) is 5.89. The van der Waals surface area contributed by atoms with Crippen molar-refractivity contribution in [3.05, 3.63) is 99.2 Å². The summed E-state index contributed by atoms with van der Waals surface area (Å²) >= 11 is 6.13. The van der Waals surface area contributed by atoms with E-state index in [2.05, 4.69) is 4.98 Å². The Hall–Kier alpha value is -3.25. The summed E-state index contributed by atoms with van der Waals surface area (Å²) in [7, 11) is 0. The van der Waals surface area contributed by atoms with E-state index in [4.69, 9.17) is 11.6 Å². The van der Waals surface area contributed by atoms with E-state index in [1.165, 1.54) is 23.1 Å². The van der Waals surface area contributed by atoms with Crippen LogP contribution in [0.2, 0.25) is 5.02 Å². The van der Waals surface area contributed by atoms with Crippen LogP contribution in [0.3, 0.4) is 0 Å². The molecule has 0 aliphatic rings. The molecule has 0 radical (unpaired) electrons. The summed E-state index contributed by atoms with van der Waals surface area (Å²) in [5, 5.41) is 10.9. The van der Waals surface area contributed by atoms with Crippen molar-refractivity contribution < 1.29 is 9.72 Å². The van der Waals surface area contributed by atoms with Crippen molar-refractivity contribution in [3.63, 3.8) is 0 Å². The third-order valence-corrected chi connectivity index (χ3v) is 4.06. The summed E-state index contributed by atoms with van der Waals surface area (Å²) in [6.45, 7) is 0.296. The van der Waals surface area contributed by atoms with Crippen LogP contribution in [0.4, 0.5) is 11.5 Å². The Morgan fingerprint density at radius 3 is 2.42 bits per heavy atom. The molecule has 6 nitrogen and oxygen atoms in total. The number of amides is 1. The molecule has 0 bridgehead atoms. The molecule has 0 saturated heterocycles. The average Bonchev–Trinajstić information content (AvgIpc) is 2.67. The van der Waals surface area contributed by atoms with Crippen molar-refractivity contribution in [3.8, 4) is 0 Å². The number of non-ortho nitro benzene ring substituents is 1. The lowest BCUT2D eigenvalue weighted by molar-refractivity contribution is -0.384. The zero-order valence-corrected chi connectivity index (χ0v) is 14.3. The van der Waals surface area contributed by atoms with Gasteiger partial charge in [-0.1, -0.05) is 48.0 Å². The monoisotopic (exact) mass is 367 g/mol. The lowest BCUT2D eigenvalue weighted by Crippen LogP contribution is -2.31. The van der Waals surface area contributed by atoms with Gasteiger partial charge in [-0.05, 0) is 23.8 Å². The molecule has 0 unspecified atom stereocenters. The van der Waals surface area contributed by atoms with Gasteiger partial charge in [0, 0.05) is 18.3 Å². The lowest BCUT2D eigenvalue weighted by Gasteiger charge is -2.22. The lowest BCUT2D eigenvalue weighted by atomic mass is 10.1. The molecular weight excluding hydrogens is 354 g/mol. The number of hydrogen-bond donors (Lipinski definition) is 0. The third kappa shape index (κ3) is 3.87. The number of aromatic nitrogens is 1. The average molecular weight is 368 g/mol. The van der Waals surface area contributed by atoms with Gasteiger partial charge in [0.1, 0.15) is 5.82 Å². The van der Waals surface area contributed by atoms with Crippen LogP contribution in [0.1, 0.15) is 15.9 Å². The zero-order valence-electron chi connectivity index (χ0n) is 13.6. The van der Waals surface area contributed by atoms with Gasteiger partial charge in [-0.2, -0.15) is 0 Å². The van der Waals surface area contributed by atoms with Crippen LogP contribution in [0.25, 0.3) is 0 Å². The van der Waals surface area contributed by atoms with Gasteiger partial charge in [-0.15, -0.1) is 0 Å². The second-order valence-electron chi connectivity index (χ2n) is 5.49. The van der Waals surface area contributed by atoms with E-state index < -0.39 is 4.92 Å². The molecule has 7 heteroatoms. The number of benzene rings is 2. The molecule has 3 rings (SSSR count). The topological polar surface area (TPSA) is 76.3 Å². The SMILES string of the molecule is O=C(c1ccc([N+](=O)[O-])cc1Cl)N(Cc1ccccc1)c1ccccn1. The maximum Gasteiger partial charge on any atom is 0.270 e. The maximum absolute atomic E-state index is 13.1. The fraction of sp³-hybridized carbons (Fsp3) is 0.0526. The summed E-state index contributed by atoms with van der Waals surface area (Å²) in [6.07, 6.45) is 1.60. The number of nitro benzene ring substituents is 1. The maximum atomic E-state index is 13.1. The van der Waals surface area contributed by atoms with Crippen LogP contribution in [0.15, 0.2) is 72.9 Å². The van der Waals surface area contributed by atoms with Crippen molar-refractivity contribution >= 4 is 29.0 Å². The van der Waals surface area contributed by atoms with Crippen molar-refractivity contribution in [2.75, 3.05) is 4.90 Å². The van der Waals surface area contributed by atoms with E-state index in [1.807, 2.05) is 30.3 Å². The third-order valence-electron chi connectivity index (χ3n) is 3.75. The Bertz CT molecular complexity index is 933. The number of carbonyl (C=O) groups is 1. The van der Waals surface area contributed by atoms with E-state index in [1.54, 1.807) is 24.4 Å². The predicted octanol–water partition coefficient (Wildman–Crippen LogP) is 4.49. The standard InChI is InChI=1S/C19H14ClN3O3/c20-17-12-15(23(25)26)9-10-16(17)19(24)22(18-8-4-5-11-21-18)13-14-6-2-1-3-7-14/h1-12H,13H2. The number of halogens is 1. The molecule has 3 aromatic rings. The molecule has 0 saturated carbocycles. The molecule has 130 valence electrons. The van der Waals surface area contributed by atoms with E-state index in [9.17, 15) is 14.9 Å². The predicted molar refractivity (Wildman–Crippen MR) is 99.3 cm³/mol. The Morgan fingerprint density at radius 1 is 1.08 bits per heavy atom. The molecular formula is C19H14ClN3O3. The summed E-state index contributed by atoms with van der Waals surface area (Å²) < 4.78 is 0. The number of nitrogens with zero attached hydrogens (tertiary/aromatic N) is 3. The second kappa shape index (κ2) is 7.76. The van der Waals surface area contributed by atoms with Gasteiger partial charge >= 0.3 is 0 Å². The van der Waals surface area contributed by atoms with Gasteiger partial charge in [-0.3, -0.25) is 19.8 Å². The summed E-state index contributed by atoms with van der Waals surface area (Å²) in [5.41, 5.74) is 0.933. The van der Waals surface area contributed by atoms with Crippen LogP contribution in [0.5, 0.6) is 0 Å². The number of carbonyl (C=O) groups excluding carboxylic acids is 1. The molecule has 0 aliphatic carbocycles. The molecule has 1 amide bonds. The van der Waals surface area contributed by atoms with Crippen molar-refractivity contribution in [1.82, 2.24) is 4.98 Å². The zero-order chi connectivity index (χ0) is 18.5. The summed E-state index contributed by atoms with van der Waals surface area (Å²) in [4.78, 5) is 29.1. The van der Waals surface area contributed by atoms with Crippen LogP contribution >= 0.6 is 11.6 Å². The van der Waals surface area contributed by atoms with Gasteiger partial charge in [0.05, 0.1) is 22.1 Å². The first kappa shape index (κ1) is 17.6. The minimum Gasteiger partial charge on any atom is -0.288 e. The van der Waals surface area contributed by atoms with E-state index in [0.29, 0.717) is 12.4 Å². The van der Waals surface area contributed by atoms with E-state index in [0.717, 1.165) is 5.56 Å². The first-order valence-electron chi connectivity index (χ1n) is 7.77. The minimum atomic E-state index is -0.555. The van der Waals surface area contributed by atoms with Crippen LogP contribution in [0, 0.1) is 10.1 Å². The molecule has 1 heterocycles. The van der Waals surface area contributed by atoms with Crippen molar-refractivity contribution in [1.29, 1.82) is 0 Å². The smallest absolute Gasteiger partial charge is 0.270 e. The normalized spacial score (nSPS) is 10.3. The molecule has 0 spiro atoms. The number of pyridine rings is 1. The van der Waals surface area contributed by atoms with Gasteiger partial charge in [0.25, 0.3) is 11.6 Å². The Balaban J connectivity index is 1.99. The largest absolute Gasteiger partial charge is 0.288 e. The number of anilines is 1. The van der Waals surface area contributed by atoms with Gasteiger partial charge in [0.2, 0.25) is 0 Å². The Morgan fingerprint density at radius 2 is 1.81 bits per heavy atom. The first-order valence-corrected chi connectivity index (χ1v) is 8.15. The highest BCUT2D eigenvalue weighted by molar-refractivity contribution is 6.34. The summed E-state index contributed by atoms with van der Waals surface area (Å²) in [6, 6.07) is 18.5. The molecule has 2 aromatic carbocycles. The van der Waals surface area contributed by atoms with Crippen molar-refractivity contribution in [2.45, 2.75) is 6.54 Å². The highest BCUT2D eigenvalue weighted by Gasteiger charge is 2.23. The van der Waals surface area contributed by atoms with Crippen LogP contribution in [-0.4, -0.2) is 15.8 Å². The van der Waals surface area contributed by atoms with Gasteiger partial charge in [0.15, 0.2) is 0 Å². The molecule has 1 aromatic heterocycles. The van der Waals surface area contributed by atoms with E-state index >= 15 is 0 Å². The number of nitro groups is 1. The molecule has 0 atom stereocenters. The van der Waals surface area contributed by atoms with Gasteiger partial charge in [-0.25, -0.2) is 4.98 Å². The molecule has 0 N–H and O–H groups in total. The highest BCUT2D eigenvalue weighted by Crippen LogP contribution is 2.26. The molecule has 26 heavy (non-hydrogen) atoms. The minimum absolute atomic E-state index is 0.0261. The van der Waals surface area contributed by atoms with Crippen LogP contribution in [-0.2, 0) is 6.54 Å². The fourth-order valence-corrected chi connectivity index (χ4v) is 2.73. The first-order chi connectivity index (χ1) is 12.6. The summed E-state index contributed by atoms with van der Waals surface area (Å²) in [5.74, 6) is 0.0863. The fourth-order valence-electron chi connectivity index (χ4n) is 2.47. The number of hydrogen-bond acceptors (Lipinski definition) is 4.